The number of carbonyl (C=O) groups excluding carboxylic acids is 1. The molecule has 0 saturated carbocycles. The summed E-state index contributed by atoms with van der Waals surface area (Å²) in [6, 6.07) is 9.29. The Morgan fingerprint density at radius 3 is 2.29 bits per heavy atom. The number of methoxy groups -OCH3 is 1. The standard InChI is InChI=1S/C13H17ClO3/c1-12(2,16)13(14,11(15)17-3)9-10-7-5-4-6-8-10/h4-8,16H,9H2,1-3H3. The van der Waals surface area contributed by atoms with Crippen molar-refractivity contribution in [2.45, 2.75) is 30.7 Å². The molecule has 0 heterocycles. The lowest BCUT2D eigenvalue weighted by Gasteiger charge is -2.35. The van der Waals surface area contributed by atoms with Gasteiger partial charge < -0.3 is 9.84 Å². The van der Waals surface area contributed by atoms with Crippen LogP contribution in [0.3, 0.4) is 0 Å². The van der Waals surface area contributed by atoms with Crippen molar-refractivity contribution in [2.75, 3.05) is 7.11 Å². The molecule has 1 atom stereocenters. The van der Waals surface area contributed by atoms with E-state index < -0.39 is 16.4 Å². The van der Waals surface area contributed by atoms with Gasteiger partial charge in [0, 0.05) is 6.42 Å². The Balaban J connectivity index is 3.05. The first-order valence-electron chi connectivity index (χ1n) is 5.35. The number of aliphatic hydroxyl groups is 1. The van der Waals surface area contributed by atoms with Crippen molar-refractivity contribution in [1.29, 1.82) is 0 Å². The molecule has 0 saturated heterocycles. The van der Waals surface area contributed by atoms with Crippen LogP contribution >= 0.6 is 11.6 Å². The number of hydrogen-bond donors (Lipinski definition) is 1. The molecule has 1 unspecified atom stereocenters. The van der Waals surface area contributed by atoms with E-state index in [4.69, 9.17) is 11.6 Å². The molecule has 0 amide bonds. The van der Waals surface area contributed by atoms with Gasteiger partial charge in [-0.1, -0.05) is 30.3 Å². The van der Waals surface area contributed by atoms with Crippen molar-refractivity contribution in [2.24, 2.45) is 0 Å². The molecular weight excluding hydrogens is 240 g/mol. The third-order valence-corrected chi connectivity index (χ3v) is 3.52. The highest BCUT2D eigenvalue weighted by Gasteiger charge is 2.50. The van der Waals surface area contributed by atoms with Crippen LogP contribution in [0.5, 0.6) is 0 Å². The van der Waals surface area contributed by atoms with Crippen molar-refractivity contribution in [1.82, 2.24) is 0 Å². The summed E-state index contributed by atoms with van der Waals surface area (Å²) in [5.41, 5.74) is -0.507. The molecule has 94 valence electrons. The minimum atomic E-state index is -1.48. The molecule has 0 aliphatic carbocycles. The minimum absolute atomic E-state index is 0.214. The second-order valence-electron chi connectivity index (χ2n) is 4.51. The molecule has 1 N–H and O–H groups in total. The van der Waals surface area contributed by atoms with Crippen LogP contribution in [0.15, 0.2) is 30.3 Å². The number of halogens is 1. The van der Waals surface area contributed by atoms with Crippen molar-refractivity contribution >= 4 is 17.6 Å². The van der Waals surface area contributed by atoms with Gasteiger partial charge in [0.2, 0.25) is 0 Å². The average molecular weight is 257 g/mol. The molecule has 3 nitrogen and oxygen atoms in total. The van der Waals surface area contributed by atoms with Crippen LogP contribution in [0, 0.1) is 0 Å². The fourth-order valence-electron chi connectivity index (χ4n) is 1.58. The molecule has 1 aromatic rings. The SMILES string of the molecule is COC(=O)C(Cl)(Cc1ccccc1)C(C)(C)O. The molecule has 0 aliphatic heterocycles. The van der Waals surface area contributed by atoms with Gasteiger partial charge in [-0.2, -0.15) is 0 Å². The highest BCUT2D eigenvalue weighted by atomic mass is 35.5. The first-order chi connectivity index (χ1) is 7.81. The second kappa shape index (κ2) is 5.07. The van der Waals surface area contributed by atoms with Gasteiger partial charge in [0.1, 0.15) is 0 Å². The van der Waals surface area contributed by atoms with Gasteiger partial charge >= 0.3 is 5.97 Å². The van der Waals surface area contributed by atoms with Gasteiger partial charge in [0.25, 0.3) is 0 Å². The summed E-state index contributed by atoms with van der Waals surface area (Å²) in [6.07, 6.45) is 0.214. The van der Waals surface area contributed by atoms with Crippen LogP contribution in [-0.2, 0) is 16.0 Å². The molecule has 4 heteroatoms. The number of carbonyl (C=O) groups is 1. The van der Waals surface area contributed by atoms with Crippen LogP contribution < -0.4 is 0 Å². The van der Waals surface area contributed by atoms with E-state index in [0.717, 1.165) is 5.56 Å². The van der Waals surface area contributed by atoms with E-state index in [-0.39, 0.29) is 6.42 Å². The lowest BCUT2D eigenvalue weighted by atomic mass is 9.84. The Kier molecular flexibility index (Phi) is 4.17. The Hall–Kier alpha value is -1.06. The van der Waals surface area contributed by atoms with Gasteiger partial charge in [-0.05, 0) is 19.4 Å². The first kappa shape index (κ1) is 14.0. The van der Waals surface area contributed by atoms with Crippen molar-refractivity contribution in [3.8, 4) is 0 Å². The number of rotatable bonds is 4. The van der Waals surface area contributed by atoms with Crippen molar-refractivity contribution < 1.29 is 14.6 Å². The van der Waals surface area contributed by atoms with Crippen LogP contribution in [0.1, 0.15) is 19.4 Å². The fourth-order valence-corrected chi connectivity index (χ4v) is 1.81. The fraction of sp³-hybridized carbons (Fsp3) is 0.462. The molecule has 1 aromatic carbocycles. The number of hydrogen-bond acceptors (Lipinski definition) is 3. The summed E-state index contributed by atoms with van der Waals surface area (Å²) in [5.74, 6) is -0.629. The maximum absolute atomic E-state index is 11.8. The molecule has 0 aromatic heterocycles. The zero-order valence-electron chi connectivity index (χ0n) is 10.2. The second-order valence-corrected chi connectivity index (χ2v) is 5.16. The molecule has 0 bridgehead atoms. The van der Waals surface area contributed by atoms with Crippen LogP contribution in [-0.4, -0.2) is 28.7 Å². The highest BCUT2D eigenvalue weighted by molar-refractivity contribution is 6.35. The third kappa shape index (κ3) is 2.99. The largest absolute Gasteiger partial charge is 0.468 e. The van der Waals surface area contributed by atoms with Gasteiger partial charge in [-0.3, -0.25) is 4.79 Å². The van der Waals surface area contributed by atoms with E-state index >= 15 is 0 Å². The number of ether oxygens (including phenoxy) is 1. The van der Waals surface area contributed by atoms with Crippen molar-refractivity contribution in [3.63, 3.8) is 0 Å². The van der Waals surface area contributed by atoms with Crippen molar-refractivity contribution in [3.05, 3.63) is 35.9 Å². The number of esters is 1. The molecule has 0 spiro atoms. The smallest absolute Gasteiger partial charge is 0.330 e. The molecule has 1 rings (SSSR count). The zero-order valence-corrected chi connectivity index (χ0v) is 11.0. The van der Waals surface area contributed by atoms with Gasteiger partial charge in [0.05, 0.1) is 12.7 Å². The lowest BCUT2D eigenvalue weighted by molar-refractivity contribution is -0.150. The lowest BCUT2D eigenvalue weighted by Crippen LogP contribution is -2.53. The zero-order chi connectivity index (χ0) is 13.1. The number of benzene rings is 1. The number of alkyl halides is 1. The van der Waals surface area contributed by atoms with Gasteiger partial charge in [-0.25, -0.2) is 0 Å². The highest BCUT2D eigenvalue weighted by Crippen LogP contribution is 2.34. The summed E-state index contributed by atoms with van der Waals surface area (Å²) in [6.45, 7) is 3.00. The molecule has 0 radical (unpaired) electrons. The molecule has 0 fully saturated rings. The van der Waals surface area contributed by atoms with E-state index in [1.165, 1.54) is 21.0 Å². The van der Waals surface area contributed by atoms with Crippen LogP contribution in [0.2, 0.25) is 0 Å². The van der Waals surface area contributed by atoms with E-state index in [0.29, 0.717) is 0 Å². The van der Waals surface area contributed by atoms with Gasteiger partial charge in [0.15, 0.2) is 4.87 Å². The normalized spacial score (nSPS) is 15.1. The Labute approximate surface area is 106 Å². The quantitative estimate of drug-likeness (QED) is 0.663. The predicted molar refractivity (Wildman–Crippen MR) is 67.0 cm³/mol. The third-order valence-electron chi connectivity index (χ3n) is 2.77. The van der Waals surface area contributed by atoms with Crippen LogP contribution in [0.25, 0.3) is 0 Å². The van der Waals surface area contributed by atoms with E-state index in [9.17, 15) is 9.90 Å². The maximum atomic E-state index is 11.8. The van der Waals surface area contributed by atoms with E-state index in [1.54, 1.807) is 0 Å². The Morgan fingerprint density at radius 1 is 1.35 bits per heavy atom. The Morgan fingerprint density at radius 2 is 1.88 bits per heavy atom. The monoisotopic (exact) mass is 256 g/mol. The predicted octanol–water partition coefficient (Wildman–Crippen LogP) is 2.15. The van der Waals surface area contributed by atoms with Crippen LogP contribution in [0.4, 0.5) is 0 Å². The topological polar surface area (TPSA) is 46.5 Å². The summed E-state index contributed by atoms with van der Waals surface area (Å²) in [7, 11) is 1.26. The summed E-state index contributed by atoms with van der Waals surface area (Å²) in [5, 5.41) is 10.1. The van der Waals surface area contributed by atoms with E-state index in [2.05, 4.69) is 4.74 Å². The maximum Gasteiger partial charge on any atom is 0.330 e. The summed E-state index contributed by atoms with van der Waals surface area (Å²) >= 11 is 6.28. The minimum Gasteiger partial charge on any atom is -0.468 e. The molecule has 17 heavy (non-hydrogen) atoms. The van der Waals surface area contributed by atoms with Gasteiger partial charge in [-0.15, -0.1) is 11.6 Å². The summed E-state index contributed by atoms with van der Waals surface area (Å²) < 4.78 is 4.68. The molecular formula is C13H17ClO3. The Bertz CT molecular complexity index is 383. The average Bonchev–Trinajstić information content (AvgIpc) is 2.27. The van der Waals surface area contributed by atoms with E-state index in [1.807, 2.05) is 30.3 Å². The summed E-state index contributed by atoms with van der Waals surface area (Å²) in [4.78, 5) is 10.3. The first-order valence-corrected chi connectivity index (χ1v) is 5.72. The molecule has 0 aliphatic rings.